The molecule has 1 saturated carbocycles. The Morgan fingerprint density at radius 3 is 2.62 bits per heavy atom. The fourth-order valence-corrected chi connectivity index (χ4v) is 4.07. The van der Waals surface area contributed by atoms with Gasteiger partial charge < -0.3 is 10.2 Å². The van der Waals surface area contributed by atoms with E-state index in [0.29, 0.717) is 6.04 Å². The summed E-state index contributed by atoms with van der Waals surface area (Å²) in [5.41, 5.74) is 2.91. The summed E-state index contributed by atoms with van der Waals surface area (Å²) in [7, 11) is 0. The lowest BCUT2D eigenvalue weighted by Crippen LogP contribution is -2.49. The van der Waals surface area contributed by atoms with Crippen molar-refractivity contribution in [3.63, 3.8) is 0 Å². The highest BCUT2D eigenvalue weighted by Crippen LogP contribution is 2.34. The van der Waals surface area contributed by atoms with Crippen molar-refractivity contribution in [3.8, 4) is 0 Å². The normalized spacial score (nSPS) is 20.0. The van der Waals surface area contributed by atoms with Crippen molar-refractivity contribution in [2.75, 3.05) is 10.2 Å². The molecule has 0 radical (unpaired) electrons. The van der Waals surface area contributed by atoms with Crippen LogP contribution in [0.25, 0.3) is 0 Å². The van der Waals surface area contributed by atoms with E-state index >= 15 is 0 Å². The smallest absolute Gasteiger partial charge is 0.134 e. The number of anilines is 2. The zero-order valence-corrected chi connectivity index (χ0v) is 14.6. The molecule has 4 heteroatoms. The van der Waals surface area contributed by atoms with Gasteiger partial charge in [-0.25, -0.2) is 9.97 Å². The fourth-order valence-electron chi connectivity index (χ4n) is 4.07. The van der Waals surface area contributed by atoms with Gasteiger partial charge in [0.2, 0.25) is 0 Å². The largest absolute Gasteiger partial charge is 0.367 e. The Morgan fingerprint density at radius 2 is 1.83 bits per heavy atom. The number of nitrogens with zero attached hydrogens (tertiary/aromatic N) is 3. The highest BCUT2D eigenvalue weighted by Gasteiger charge is 2.33. The molecule has 0 amide bonds. The second-order valence-corrected chi connectivity index (χ2v) is 7.73. The Hall–Kier alpha value is -2.10. The molecule has 0 atom stereocenters. The van der Waals surface area contributed by atoms with Gasteiger partial charge in [-0.05, 0) is 44.2 Å². The average molecular weight is 322 g/mol. The zero-order chi connectivity index (χ0) is 16.6. The number of hydrogen-bond donors (Lipinski definition) is 1. The maximum atomic E-state index is 4.58. The molecule has 1 aromatic heterocycles. The van der Waals surface area contributed by atoms with Gasteiger partial charge in [0.05, 0.1) is 0 Å². The Labute approximate surface area is 144 Å². The predicted octanol–water partition coefficient (Wildman–Crippen LogP) is 4.17. The third-order valence-electron chi connectivity index (χ3n) is 5.44. The van der Waals surface area contributed by atoms with Crippen molar-refractivity contribution >= 4 is 11.6 Å². The summed E-state index contributed by atoms with van der Waals surface area (Å²) in [5.74, 6) is 1.98. The van der Waals surface area contributed by atoms with E-state index in [4.69, 9.17) is 0 Å². The lowest BCUT2D eigenvalue weighted by atomic mass is 9.85. The van der Waals surface area contributed by atoms with E-state index in [1.54, 1.807) is 6.33 Å². The van der Waals surface area contributed by atoms with E-state index < -0.39 is 0 Å². The van der Waals surface area contributed by atoms with Crippen molar-refractivity contribution in [3.05, 3.63) is 47.8 Å². The van der Waals surface area contributed by atoms with Crippen LogP contribution in [0, 0.1) is 0 Å². The minimum atomic E-state index is 0.0489. The maximum Gasteiger partial charge on any atom is 0.134 e. The van der Waals surface area contributed by atoms with E-state index in [9.17, 15) is 0 Å². The number of rotatable bonds is 3. The summed E-state index contributed by atoms with van der Waals surface area (Å²) in [4.78, 5) is 11.4. The molecule has 0 spiro atoms. The monoisotopic (exact) mass is 322 g/mol. The average Bonchev–Trinajstić information content (AvgIpc) is 3.06. The number of hydrogen-bond acceptors (Lipinski definition) is 4. The number of fused-ring (bicyclic) bond motifs is 1. The molecule has 24 heavy (non-hydrogen) atoms. The van der Waals surface area contributed by atoms with Gasteiger partial charge in [-0.2, -0.15) is 0 Å². The quantitative estimate of drug-likeness (QED) is 0.920. The molecule has 1 aliphatic carbocycles. The van der Waals surface area contributed by atoms with Gasteiger partial charge in [0, 0.05) is 24.2 Å². The van der Waals surface area contributed by atoms with Crippen LogP contribution in [0.3, 0.4) is 0 Å². The lowest BCUT2D eigenvalue weighted by molar-refractivity contribution is 0.427. The van der Waals surface area contributed by atoms with Gasteiger partial charge in [-0.1, -0.05) is 37.1 Å². The summed E-state index contributed by atoms with van der Waals surface area (Å²) in [6, 6.07) is 11.4. The first-order valence-electron chi connectivity index (χ1n) is 9.05. The molecule has 4 rings (SSSR count). The first-order valence-corrected chi connectivity index (χ1v) is 9.05. The fraction of sp³-hybridized carbons (Fsp3) is 0.500. The van der Waals surface area contributed by atoms with Crippen LogP contribution in [0.2, 0.25) is 0 Å². The van der Waals surface area contributed by atoms with Gasteiger partial charge in [-0.15, -0.1) is 0 Å². The van der Waals surface area contributed by atoms with Crippen LogP contribution in [-0.4, -0.2) is 21.5 Å². The van der Waals surface area contributed by atoms with E-state index in [2.05, 4.69) is 64.4 Å². The van der Waals surface area contributed by atoms with Gasteiger partial charge in [0.15, 0.2) is 0 Å². The van der Waals surface area contributed by atoms with Crippen molar-refractivity contribution in [2.45, 2.75) is 64.1 Å². The standard InChI is InChI=1S/C20H26N4/c1-20(2)12-15-7-3-4-8-16(15)13-24(20)19-11-18(21-14-22-19)23-17-9-5-6-10-17/h3-4,7-8,11,14,17H,5-6,9-10,12-13H2,1-2H3,(H,21,22,23). The van der Waals surface area contributed by atoms with Crippen LogP contribution in [0.4, 0.5) is 11.6 Å². The summed E-state index contributed by atoms with van der Waals surface area (Å²) >= 11 is 0. The first kappa shape index (κ1) is 15.4. The van der Waals surface area contributed by atoms with Crippen LogP contribution in [-0.2, 0) is 13.0 Å². The van der Waals surface area contributed by atoms with E-state index in [0.717, 1.165) is 24.6 Å². The number of aromatic nitrogens is 2. The SMILES string of the molecule is CC1(C)Cc2ccccc2CN1c1cc(NC2CCCC2)ncn1. The summed E-state index contributed by atoms with van der Waals surface area (Å²) < 4.78 is 0. The Morgan fingerprint density at radius 1 is 1.08 bits per heavy atom. The molecule has 0 saturated heterocycles. The minimum absolute atomic E-state index is 0.0489. The molecule has 0 unspecified atom stereocenters. The summed E-state index contributed by atoms with van der Waals surface area (Å²) in [6.07, 6.45) is 7.89. The van der Waals surface area contributed by atoms with Crippen molar-refractivity contribution in [1.29, 1.82) is 0 Å². The topological polar surface area (TPSA) is 41.0 Å². The van der Waals surface area contributed by atoms with Crippen LogP contribution in [0.1, 0.15) is 50.7 Å². The lowest BCUT2D eigenvalue weighted by Gasteiger charge is -2.44. The summed E-state index contributed by atoms with van der Waals surface area (Å²) in [5, 5.41) is 3.59. The second-order valence-electron chi connectivity index (χ2n) is 7.73. The molecule has 2 aromatic rings. The van der Waals surface area contributed by atoms with E-state index in [1.807, 2.05) is 0 Å². The van der Waals surface area contributed by atoms with Crippen LogP contribution >= 0.6 is 0 Å². The predicted molar refractivity (Wildman–Crippen MR) is 98.3 cm³/mol. The molecule has 4 nitrogen and oxygen atoms in total. The number of nitrogens with one attached hydrogen (secondary N) is 1. The second kappa shape index (κ2) is 6.08. The molecule has 2 aliphatic rings. The molecule has 126 valence electrons. The minimum Gasteiger partial charge on any atom is -0.367 e. The molecular formula is C20H26N4. The van der Waals surface area contributed by atoms with Gasteiger partial charge in [-0.3, -0.25) is 0 Å². The third-order valence-corrected chi connectivity index (χ3v) is 5.44. The molecule has 2 heterocycles. The highest BCUT2D eigenvalue weighted by atomic mass is 15.3. The Balaban J connectivity index is 1.60. The third kappa shape index (κ3) is 2.97. The van der Waals surface area contributed by atoms with Crippen LogP contribution in [0.5, 0.6) is 0 Å². The molecule has 1 fully saturated rings. The molecular weight excluding hydrogens is 296 g/mol. The van der Waals surface area contributed by atoms with E-state index in [-0.39, 0.29) is 5.54 Å². The molecule has 0 bridgehead atoms. The molecule has 1 N–H and O–H groups in total. The molecule has 1 aromatic carbocycles. The van der Waals surface area contributed by atoms with Crippen molar-refractivity contribution in [1.82, 2.24) is 9.97 Å². The Kier molecular flexibility index (Phi) is 3.91. The number of benzene rings is 1. The zero-order valence-electron chi connectivity index (χ0n) is 14.6. The van der Waals surface area contributed by atoms with Gasteiger partial charge >= 0.3 is 0 Å². The van der Waals surface area contributed by atoms with Gasteiger partial charge in [0.25, 0.3) is 0 Å². The maximum absolute atomic E-state index is 4.58. The Bertz CT molecular complexity index is 719. The van der Waals surface area contributed by atoms with Crippen LogP contribution in [0.15, 0.2) is 36.7 Å². The van der Waals surface area contributed by atoms with Crippen LogP contribution < -0.4 is 10.2 Å². The molecule has 1 aliphatic heterocycles. The van der Waals surface area contributed by atoms with E-state index in [1.165, 1.54) is 36.8 Å². The first-order chi connectivity index (χ1) is 11.6. The van der Waals surface area contributed by atoms with Crippen molar-refractivity contribution in [2.24, 2.45) is 0 Å². The highest BCUT2D eigenvalue weighted by molar-refractivity contribution is 5.53. The van der Waals surface area contributed by atoms with Crippen molar-refractivity contribution < 1.29 is 0 Å². The summed E-state index contributed by atoms with van der Waals surface area (Å²) in [6.45, 7) is 5.51. The van der Waals surface area contributed by atoms with Gasteiger partial charge in [0.1, 0.15) is 18.0 Å².